The van der Waals surface area contributed by atoms with E-state index in [2.05, 4.69) is 15.4 Å². The molecule has 100 valence electrons. The summed E-state index contributed by atoms with van der Waals surface area (Å²) < 4.78 is 9.86. The van der Waals surface area contributed by atoms with Crippen molar-refractivity contribution in [2.24, 2.45) is 0 Å². The van der Waals surface area contributed by atoms with E-state index in [1.165, 1.54) is 7.11 Å². The summed E-state index contributed by atoms with van der Waals surface area (Å²) in [6.45, 7) is 2.63. The Hall–Kier alpha value is -2.43. The van der Waals surface area contributed by atoms with Crippen molar-refractivity contribution in [2.45, 2.75) is 13.5 Å². The van der Waals surface area contributed by atoms with Gasteiger partial charge in [0.1, 0.15) is 5.76 Å². The molecule has 0 radical (unpaired) electrons. The topological polar surface area (TPSA) is 63.5 Å². The molecule has 1 amide bonds. The summed E-state index contributed by atoms with van der Waals surface area (Å²) >= 11 is 0. The van der Waals surface area contributed by atoms with E-state index in [1.54, 1.807) is 18.4 Å². The highest BCUT2D eigenvalue weighted by atomic mass is 16.5. The number of carbonyl (C=O) groups is 1. The second-order valence-electron chi connectivity index (χ2n) is 4.07. The van der Waals surface area contributed by atoms with Crippen molar-refractivity contribution < 1.29 is 13.9 Å². The lowest BCUT2D eigenvalue weighted by molar-refractivity contribution is 0.187. The fourth-order valence-corrected chi connectivity index (χ4v) is 1.61. The summed E-state index contributed by atoms with van der Waals surface area (Å²) in [5.74, 6) is 0.914. The molecule has 0 spiro atoms. The monoisotopic (exact) mass is 260 g/mol. The average Bonchev–Trinajstić information content (AvgIpc) is 2.83. The van der Waals surface area contributed by atoms with Crippen LogP contribution in [0.5, 0.6) is 0 Å². The third kappa shape index (κ3) is 3.51. The van der Waals surface area contributed by atoms with Crippen molar-refractivity contribution >= 4 is 17.5 Å². The van der Waals surface area contributed by atoms with Crippen LogP contribution in [0.15, 0.2) is 41.0 Å². The maximum Gasteiger partial charge on any atom is 0.411 e. The van der Waals surface area contributed by atoms with Crippen molar-refractivity contribution in [3.05, 3.63) is 47.9 Å². The lowest BCUT2D eigenvalue weighted by Crippen LogP contribution is -2.10. The number of hydrogen-bond donors (Lipinski definition) is 2. The number of aryl methyl sites for hydroxylation is 1. The first-order valence-electron chi connectivity index (χ1n) is 5.91. The van der Waals surface area contributed by atoms with Crippen molar-refractivity contribution in [3.8, 4) is 0 Å². The molecule has 0 fully saturated rings. The van der Waals surface area contributed by atoms with Gasteiger partial charge in [0.2, 0.25) is 0 Å². The Morgan fingerprint density at radius 1 is 1.21 bits per heavy atom. The van der Waals surface area contributed by atoms with Gasteiger partial charge < -0.3 is 14.5 Å². The quantitative estimate of drug-likeness (QED) is 0.884. The van der Waals surface area contributed by atoms with E-state index < -0.39 is 6.09 Å². The highest BCUT2D eigenvalue weighted by Gasteiger charge is 2.02. The molecule has 0 bridgehead atoms. The summed E-state index contributed by atoms with van der Waals surface area (Å²) in [5, 5.41) is 5.83. The highest BCUT2D eigenvalue weighted by molar-refractivity contribution is 5.84. The minimum Gasteiger partial charge on any atom is -0.467 e. The van der Waals surface area contributed by atoms with Gasteiger partial charge in [0.05, 0.1) is 19.9 Å². The maximum atomic E-state index is 11.0. The maximum absolute atomic E-state index is 11.0. The first-order valence-corrected chi connectivity index (χ1v) is 5.91. The van der Waals surface area contributed by atoms with Crippen LogP contribution in [-0.4, -0.2) is 13.2 Å². The van der Waals surface area contributed by atoms with Crippen molar-refractivity contribution in [2.75, 3.05) is 17.7 Å². The summed E-state index contributed by atoms with van der Waals surface area (Å²) in [5.41, 5.74) is 2.76. The van der Waals surface area contributed by atoms with E-state index in [1.807, 2.05) is 25.1 Å². The van der Waals surface area contributed by atoms with E-state index >= 15 is 0 Å². The number of nitrogens with one attached hydrogen (secondary N) is 2. The van der Waals surface area contributed by atoms with Gasteiger partial charge in [0.25, 0.3) is 0 Å². The minimum atomic E-state index is -0.480. The molecule has 1 aromatic heterocycles. The lowest BCUT2D eigenvalue weighted by Gasteiger charge is -2.07. The first kappa shape index (κ1) is 13.0. The van der Waals surface area contributed by atoms with E-state index in [4.69, 9.17) is 4.42 Å². The largest absolute Gasteiger partial charge is 0.467 e. The molecule has 2 rings (SSSR count). The van der Waals surface area contributed by atoms with Gasteiger partial charge in [0, 0.05) is 11.4 Å². The van der Waals surface area contributed by atoms with Gasteiger partial charge in [-0.15, -0.1) is 0 Å². The second-order valence-corrected chi connectivity index (χ2v) is 4.07. The third-order valence-corrected chi connectivity index (χ3v) is 2.74. The Kier molecular flexibility index (Phi) is 4.07. The average molecular weight is 260 g/mol. The summed E-state index contributed by atoms with van der Waals surface area (Å²) in [6, 6.07) is 9.29. The number of anilines is 2. The molecular formula is C14H16N2O3. The van der Waals surface area contributed by atoms with E-state index in [0.29, 0.717) is 12.2 Å². The van der Waals surface area contributed by atoms with Crippen molar-refractivity contribution in [1.29, 1.82) is 0 Å². The van der Waals surface area contributed by atoms with Crippen LogP contribution in [0.2, 0.25) is 0 Å². The predicted octanol–water partition coefficient (Wildman–Crippen LogP) is 3.38. The van der Waals surface area contributed by atoms with Gasteiger partial charge in [-0.05, 0) is 42.8 Å². The Bertz CT molecular complexity index is 546. The fourth-order valence-electron chi connectivity index (χ4n) is 1.61. The van der Waals surface area contributed by atoms with Crippen LogP contribution in [0, 0.1) is 6.92 Å². The molecule has 5 heteroatoms. The number of benzene rings is 1. The highest BCUT2D eigenvalue weighted by Crippen LogP contribution is 2.16. The lowest BCUT2D eigenvalue weighted by atomic mass is 10.2. The van der Waals surface area contributed by atoms with Gasteiger partial charge in [0.15, 0.2) is 0 Å². The predicted molar refractivity (Wildman–Crippen MR) is 73.2 cm³/mol. The van der Waals surface area contributed by atoms with Gasteiger partial charge >= 0.3 is 6.09 Å². The normalized spacial score (nSPS) is 10.0. The zero-order chi connectivity index (χ0) is 13.7. The first-order chi connectivity index (χ1) is 9.19. The van der Waals surface area contributed by atoms with Crippen molar-refractivity contribution in [3.63, 3.8) is 0 Å². The zero-order valence-electron chi connectivity index (χ0n) is 10.9. The standard InChI is InChI=1S/C14H16N2O3/c1-10-7-8-19-13(10)9-15-11-3-5-12(6-4-11)16-14(17)18-2/h3-8,15H,9H2,1-2H3,(H,16,17). The molecule has 0 saturated heterocycles. The van der Waals surface area contributed by atoms with Gasteiger partial charge in [-0.3, -0.25) is 5.32 Å². The number of rotatable bonds is 4. The minimum absolute atomic E-state index is 0.480. The molecule has 0 saturated carbocycles. The zero-order valence-corrected chi connectivity index (χ0v) is 10.9. The molecule has 2 aromatic rings. The molecular weight excluding hydrogens is 244 g/mol. The molecule has 0 aliphatic carbocycles. The SMILES string of the molecule is COC(=O)Nc1ccc(NCc2occc2C)cc1. The second kappa shape index (κ2) is 5.95. The number of hydrogen-bond acceptors (Lipinski definition) is 4. The Morgan fingerprint density at radius 2 is 1.89 bits per heavy atom. The smallest absolute Gasteiger partial charge is 0.411 e. The molecule has 1 heterocycles. The summed E-state index contributed by atoms with van der Waals surface area (Å²) in [4.78, 5) is 11.0. The molecule has 2 N–H and O–H groups in total. The molecule has 0 aliphatic heterocycles. The molecule has 19 heavy (non-hydrogen) atoms. The molecule has 0 atom stereocenters. The van der Waals surface area contributed by atoms with Crippen LogP contribution >= 0.6 is 0 Å². The number of methoxy groups -OCH3 is 1. The molecule has 0 unspecified atom stereocenters. The number of furan rings is 1. The fraction of sp³-hybridized carbons (Fsp3) is 0.214. The van der Waals surface area contributed by atoms with Crippen LogP contribution in [0.3, 0.4) is 0 Å². The van der Waals surface area contributed by atoms with Crippen LogP contribution in [-0.2, 0) is 11.3 Å². The summed E-state index contributed by atoms with van der Waals surface area (Å²) in [6.07, 6.45) is 1.20. The van der Waals surface area contributed by atoms with Gasteiger partial charge in [-0.25, -0.2) is 4.79 Å². The molecule has 5 nitrogen and oxygen atoms in total. The van der Waals surface area contributed by atoms with Crippen LogP contribution in [0.25, 0.3) is 0 Å². The van der Waals surface area contributed by atoms with E-state index in [-0.39, 0.29) is 0 Å². The summed E-state index contributed by atoms with van der Waals surface area (Å²) in [7, 11) is 1.33. The number of carbonyl (C=O) groups excluding carboxylic acids is 1. The Balaban J connectivity index is 1.92. The third-order valence-electron chi connectivity index (χ3n) is 2.74. The van der Waals surface area contributed by atoms with E-state index in [0.717, 1.165) is 17.0 Å². The molecule has 1 aromatic carbocycles. The van der Waals surface area contributed by atoms with E-state index in [9.17, 15) is 4.79 Å². The Labute approximate surface area is 111 Å². The number of ether oxygens (including phenoxy) is 1. The number of amides is 1. The Morgan fingerprint density at radius 3 is 2.47 bits per heavy atom. The van der Waals surface area contributed by atoms with Gasteiger partial charge in [-0.2, -0.15) is 0 Å². The van der Waals surface area contributed by atoms with Crippen LogP contribution < -0.4 is 10.6 Å². The molecule has 0 aliphatic rings. The van der Waals surface area contributed by atoms with Crippen molar-refractivity contribution in [1.82, 2.24) is 0 Å². The van der Waals surface area contributed by atoms with Gasteiger partial charge in [-0.1, -0.05) is 0 Å². The van der Waals surface area contributed by atoms with Crippen LogP contribution in [0.4, 0.5) is 16.2 Å². The van der Waals surface area contributed by atoms with Crippen LogP contribution in [0.1, 0.15) is 11.3 Å².